The number of fused-ring (bicyclic) bond motifs is 1. The lowest BCUT2D eigenvalue weighted by Gasteiger charge is -2.07. The average molecular weight is 390 g/mol. The van der Waals surface area contributed by atoms with Gasteiger partial charge in [-0.15, -0.1) is 19.0 Å². The van der Waals surface area contributed by atoms with Crippen LogP contribution in [0.2, 0.25) is 0 Å². The number of nitrogens with zero attached hydrogens (tertiary/aromatic N) is 3. The zero-order valence-electron chi connectivity index (χ0n) is 13.6. The quantitative estimate of drug-likeness (QED) is 0.674. The number of anilines is 1. The molecular weight excluding hydrogens is 378 g/mol. The van der Waals surface area contributed by atoms with E-state index in [0.717, 1.165) is 5.69 Å². The van der Waals surface area contributed by atoms with Crippen molar-refractivity contribution >= 4 is 23.4 Å². The van der Waals surface area contributed by atoms with Crippen molar-refractivity contribution in [2.75, 3.05) is 11.1 Å². The van der Waals surface area contributed by atoms with Crippen LogP contribution in [0.1, 0.15) is 0 Å². The van der Waals surface area contributed by atoms with E-state index in [2.05, 4.69) is 25.0 Å². The summed E-state index contributed by atoms with van der Waals surface area (Å²) in [5.74, 6) is -0.471. The summed E-state index contributed by atoms with van der Waals surface area (Å²) in [6.07, 6.45) is -2.13. The zero-order chi connectivity index (χ0) is 18.9. The van der Waals surface area contributed by atoms with Gasteiger partial charge in [0.05, 0.1) is 5.75 Å². The fourth-order valence-electron chi connectivity index (χ4n) is 2.44. The van der Waals surface area contributed by atoms with E-state index in [0.29, 0.717) is 10.8 Å². The number of benzene rings is 2. The number of halogens is 2. The number of thioether (sulfide) groups is 1. The van der Waals surface area contributed by atoms with Crippen molar-refractivity contribution in [3.63, 3.8) is 0 Å². The Kier molecular flexibility index (Phi) is 4.40. The highest BCUT2D eigenvalue weighted by Gasteiger charge is 2.43. The Hall–Kier alpha value is -3.14. The van der Waals surface area contributed by atoms with E-state index < -0.39 is 6.29 Å². The van der Waals surface area contributed by atoms with Gasteiger partial charge in [0.25, 0.3) is 0 Å². The van der Waals surface area contributed by atoms with Crippen LogP contribution in [0.25, 0.3) is 5.69 Å². The van der Waals surface area contributed by atoms with Crippen molar-refractivity contribution in [2.45, 2.75) is 11.5 Å². The molecule has 1 amide bonds. The number of amides is 1. The highest BCUT2D eigenvalue weighted by atomic mass is 32.2. The van der Waals surface area contributed by atoms with Gasteiger partial charge in [0.1, 0.15) is 6.33 Å². The van der Waals surface area contributed by atoms with Crippen molar-refractivity contribution in [1.29, 1.82) is 0 Å². The summed E-state index contributed by atoms with van der Waals surface area (Å²) in [5, 5.41) is 11.1. The Morgan fingerprint density at radius 2 is 1.93 bits per heavy atom. The molecule has 1 aromatic heterocycles. The molecule has 0 fully saturated rings. The Morgan fingerprint density at radius 1 is 1.15 bits per heavy atom. The molecule has 1 N–H and O–H groups in total. The predicted molar refractivity (Wildman–Crippen MR) is 93.4 cm³/mol. The second kappa shape index (κ2) is 6.88. The summed E-state index contributed by atoms with van der Waals surface area (Å²) < 4.78 is 36.5. The molecule has 1 aliphatic rings. The number of carbonyl (C=O) groups is 1. The van der Waals surface area contributed by atoms with Crippen LogP contribution in [0.4, 0.5) is 14.5 Å². The van der Waals surface area contributed by atoms with Crippen LogP contribution < -0.4 is 14.8 Å². The molecule has 138 valence electrons. The first kappa shape index (κ1) is 17.3. The molecule has 0 atom stereocenters. The van der Waals surface area contributed by atoms with Crippen LogP contribution >= 0.6 is 11.8 Å². The third-order valence-electron chi connectivity index (χ3n) is 3.57. The van der Waals surface area contributed by atoms with Crippen LogP contribution in [-0.4, -0.2) is 32.7 Å². The molecule has 10 heteroatoms. The average Bonchev–Trinajstić information content (AvgIpc) is 3.22. The van der Waals surface area contributed by atoms with Gasteiger partial charge in [0.2, 0.25) is 5.91 Å². The summed E-state index contributed by atoms with van der Waals surface area (Å²) in [4.78, 5) is 12.2. The number of rotatable bonds is 5. The van der Waals surface area contributed by atoms with Crippen LogP contribution in [0.5, 0.6) is 11.5 Å². The van der Waals surface area contributed by atoms with E-state index in [9.17, 15) is 13.6 Å². The zero-order valence-corrected chi connectivity index (χ0v) is 14.5. The predicted octanol–water partition coefficient (Wildman–Crippen LogP) is 3.32. The molecule has 0 radical (unpaired) electrons. The standard InChI is InChI=1S/C17H12F2N4O3S/c18-17(19)25-13-7-6-11(8-14(13)26-17)21-15(24)9-27-16-22-20-10-23(16)12-4-2-1-3-5-12/h1-8,10H,9H2,(H,21,24). The van der Waals surface area contributed by atoms with Gasteiger partial charge < -0.3 is 14.8 Å². The fraction of sp³-hybridized carbons (Fsp3) is 0.118. The highest BCUT2D eigenvalue weighted by Crippen LogP contribution is 2.42. The summed E-state index contributed by atoms with van der Waals surface area (Å²) in [6.45, 7) is 0. The molecule has 3 aromatic rings. The van der Waals surface area contributed by atoms with Crippen LogP contribution in [0.15, 0.2) is 60.0 Å². The smallest absolute Gasteiger partial charge is 0.395 e. The minimum absolute atomic E-state index is 0.0656. The van der Waals surface area contributed by atoms with Crippen LogP contribution in [0, 0.1) is 0 Å². The summed E-state index contributed by atoms with van der Waals surface area (Å²) in [5.41, 5.74) is 1.20. The van der Waals surface area contributed by atoms with Crippen molar-refractivity contribution < 1.29 is 23.0 Å². The van der Waals surface area contributed by atoms with Crippen molar-refractivity contribution in [2.24, 2.45) is 0 Å². The Morgan fingerprint density at radius 3 is 2.74 bits per heavy atom. The molecule has 4 rings (SSSR count). The summed E-state index contributed by atoms with van der Waals surface area (Å²) >= 11 is 1.20. The summed E-state index contributed by atoms with van der Waals surface area (Å²) in [6, 6.07) is 13.5. The van der Waals surface area contributed by atoms with Crippen molar-refractivity contribution in [3.8, 4) is 17.2 Å². The van der Waals surface area contributed by atoms with Gasteiger partial charge >= 0.3 is 6.29 Å². The second-order valence-electron chi connectivity index (χ2n) is 5.48. The maximum atomic E-state index is 13.0. The maximum Gasteiger partial charge on any atom is 0.586 e. The third-order valence-corrected chi connectivity index (χ3v) is 4.51. The fourth-order valence-corrected chi connectivity index (χ4v) is 3.17. The van der Waals surface area contributed by atoms with Crippen LogP contribution in [0.3, 0.4) is 0 Å². The van der Waals surface area contributed by atoms with Crippen LogP contribution in [-0.2, 0) is 4.79 Å². The van der Waals surface area contributed by atoms with Gasteiger partial charge in [-0.25, -0.2) is 0 Å². The molecule has 0 saturated carbocycles. The molecular formula is C17H12F2N4O3S. The van der Waals surface area contributed by atoms with E-state index in [1.54, 1.807) is 10.9 Å². The number of nitrogens with one attached hydrogen (secondary N) is 1. The van der Waals surface area contributed by atoms with Gasteiger partial charge in [0.15, 0.2) is 16.7 Å². The normalized spacial score (nSPS) is 14.1. The van der Waals surface area contributed by atoms with Gasteiger partial charge in [-0.1, -0.05) is 30.0 Å². The molecule has 1 aliphatic heterocycles. The van der Waals surface area contributed by atoms with E-state index in [-0.39, 0.29) is 23.2 Å². The number of ether oxygens (including phenoxy) is 2. The second-order valence-corrected chi connectivity index (χ2v) is 6.43. The first-order chi connectivity index (χ1) is 13.0. The monoisotopic (exact) mass is 390 g/mol. The number of para-hydroxylation sites is 1. The van der Waals surface area contributed by atoms with Crippen molar-refractivity contribution in [1.82, 2.24) is 14.8 Å². The first-order valence-corrected chi connectivity index (χ1v) is 8.77. The topological polar surface area (TPSA) is 78.3 Å². The lowest BCUT2D eigenvalue weighted by Crippen LogP contribution is -2.25. The molecule has 27 heavy (non-hydrogen) atoms. The largest absolute Gasteiger partial charge is 0.586 e. The maximum absolute atomic E-state index is 13.0. The molecule has 0 aliphatic carbocycles. The number of carbonyl (C=O) groups excluding carboxylic acids is 1. The van der Waals surface area contributed by atoms with Gasteiger partial charge in [-0.05, 0) is 24.3 Å². The lowest BCUT2D eigenvalue weighted by atomic mass is 10.3. The van der Waals surface area contributed by atoms with E-state index in [4.69, 9.17) is 0 Å². The molecule has 2 aromatic carbocycles. The molecule has 0 saturated heterocycles. The first-order valence-electron chi connectivity index (χ1n) is 7.78. The SMILES string of the molecule is O=C(CSc1nncn1-c1ccccc1)Nc1ccc2c(c1)OC(F)(F)O2. The minimum atomic E-state index is -3.69. The molecule has 2 heterocycles. The number of aromatic nitrogens is 3. The summed E-state index contributed by atoms with van der Waals surface area (Å²) in [7, 11) is 0. The molecule has 7 nitrogen and oxygen atoms in total. The van der Waals surface area contributed by atoms with E-state index >= 15 is 0 Å². The Bertz CT molecular complexity index is 981. The Balaban J connectivity index is 1.39. The number of hydrogen-bond donors (Lipinski definition) is 1. The molecule has 0 unspecified atom stereocenters. The Labute approximate surface area is 156 Å². The van der Waals surface area contributed by atoms with Gasteiger partial charge in [-0.2, -0.15) is 0 Å². The lowest BCUT2D eigenvalue weighted by molar-refractivity contribution is -0.286. The number of alkyl halides is 2. The highest BCUT2D eigenvalue weighted by molar-refractivity contribution is 7.99. The van der Waals surface area contributed by atoms with E-state index in [1.807, 2.05) is 30.3 Å². The molecule has 0 bridgehead atoms. The van der Waals surface area contributed by atoms with Gasteiger partial charge in [0, 0.05) is 17.4 Å². The number of hydrogen-bond acceptors (Lipinski definition) is 6. The van der Waals surface area contributed by atoms with Gasteiger partial charge in [-0.3, -0.25) is 9.36 Å². The minimum Gasteiger partial charge on any atom is -0.395 e. The van der Waals surface area contributed by atoms with Crippen molar-refractivity contribution in [3.05, 3.63) is 54.9 Å². The third kappa shape index (κ3) is 3.85. The van der Waals surface area contributed by atoms with E-state index in [1.165, 1.54) is 30.0 Å². The molecule has 0 spiro atoms.